The van der Waals surface area contributed by atoms with E-state index >= 15 is 0 Å². The number of anilines is 2. The molecule has 0 fully saturated rings. The molecule has 8 heteroatoms. The van der Waals surface area contributed by atoms with Gasteiger partial charge in [0.05, 0.1) is 18.4 Å². The number of nitrogens with one attached hydrogen (secondary N) is 2. The van der Waals surface area contributed by atoms with E-state index < -0.39 is 18.5 Å². The van der Waals surface area contributed by atoms with E-state index in [4.69, 9.17) is 9.47 Å². The van der Waals surface area contributed by atoms with E-state index in [0.717, 1.165) is 5.56 Å². The number of benzene rings is 3. The lowest BCUT2D eigenvalue weighted by molar-refractivity contribution is -0.119. The molecule has 2 N–H and O–H groups in total. The van der Waals surface area contributed by atoms with Crippen LogP contribution in [0.2, 0.25) is 0 Å². The predicted molar refractivity (Wildman–Crippen MR) is 129 cm³/mol. The van der Waals surface area contributed by atoms with E-state index in [1.807, 2.05) is 19.1 Å². The molecule has 3 aromatic rings. The molecule has 0 saturated heterocycles. The Balaban J connectivity index is 1.53. The summed E-state index contributed by atoms with van der Waals surface area (Å²) in [6.07, 6.45) is 0. The Morgan fingerprint density at radius 1 is 0.848 bits per heavy atom. The second kappa shape index (κ2) is 11.7. The fourth-order valence-electron chi connectivity index (χ4n) is 2.85. The van der Waals surface area contributed by atoms with Crippen molar-refractivity contribution < 1.29 is 23.9 Å². The molecule has 2 amide bonds. The largest absolute Gasteiger partial charge is 0.497 e. The van der Waals surface area contributed by atoms with Gasteiger partial charge in [-0.3, -0.25) is 9.59 Å². The number of hydrogen-bond acceptors (Lipinski definition) is 6. The Labute approximate surface area is 196 Å². The molecule has 7 nitrogen and oxygen atoms in total. The molecule has 0 saturated carbocycles. The number of methoxy groups -OCH3 is 1. The van der Waals surface area contributed by atoms with Crippen LogP contribution in [0.4, 0.5) is 11.4 Å². The summed E-state index contributed by atoms with van der Waals surface area (Å²) in [5.41, 5.74) is 2.61. The first-order valence-electron chi connectivity index (χ1n) is 10.1. The minimum Gasteiger partial charge on any atom is -0.497 e. The minimum atomic E-state index is -0.634. The average Bonchev–Trinajstić information content (AvgIpc) is 2.83. The normalized spacial score (nSPS) is 10.2. The minimum absolute atomic E-state index is 0.0927. The summed E-state index contributed by atoms with van der Waals surface area (Å²) >= 11 is 1.21. The Kier molecular flexibility index (Phi) is 8.49. The van der Waals surface area contributed by atoms with Gasteiger partial charge in [0.15, 0.2) is 6.61 Å². The SMILES string of the molecule is COc1cccc(NC(=O)CSc2ccccc2C(=O)OCC(=O)Nc2ccc(C)cc2)c1. The van der Waals surface area contributed by atoms with Gasteiger partial charge in [0, 0.05) is 22.3 Å². The van der Waals surface area contributed by atoms with Crippen molar-refractivity contribution in [1.29, 1.82) is 0 Å². The third kappa shape index (κ3) is 7.40. The highest BCUT2D eigenvalue weighted by molar-refractivity contribution is 8.00. The third-order valence-electron chi connectivity index (χ3n) is 4.49. The molecular weight excluding hydrogens is 440 g/mol. The highest BCUT2D eigenvalue weighted by Gasteiger charge is 2.16. The number of aryl methyl sites for hydroxylation is 1. The van der Waals surface area contributed by atoms with Crippen molar-refractivity contribution in [2.45, 2.75) is 11.8 Å². The predicted octanol–water partition coefficient (Wildman–Crippen LogP) is 4.53. The molecule has 0 bridgehead atoms. The molecule has 0 aromatic heterocycles. The number of carbonyl (C=O) groups excluding carboxylic acids is 3. The van der Waals surface area contributed by atoms with Crippen molar-refractivity contribution in [2.24, 2.45) is 0 Å². The number of rotatable bonds is 9. The fourth-order valence-corrected chi connectivity index (χ4v) is 3.69. The van der Waals surface area contributed by atoms with E-state index in [2.05, 4.69) is 10.6 Å². The molecule has 0 aliphatic carbocycles. The summed E-state index contributed by atoms with van der Waals surface area (Å²) in [6, 6.07) is 21.1. The zero-order chi connectivity index (χ0) is 23.6. The van der Waals surface area contributed by atoms with Crippen molar-refractivity contribution in [1.82, 2.24) is 0 Å². The number of carbonyl (C=O) groups is 3. The summed E-state index contributed by atoms with van der Waals surface area (Å²) in [5, 5.41) is 5.47. The molecule has 0 atom stereocenters. The number of hydrogen-bond donors (Lipinski definition) is 2. The van der Waals surface area contributed by atoms with Gasteiger partial charge in [0.1, 0.15) is 5.75 Å². The van der Waals surface area contributed by atoms with Gasteiger partial charge in [-0.2, -0.15) is 0 Å². The number of ether oxygens (including phenoxy) is 2. The maximum absolute atomic E-state index is 12.5. The van der Waals surface area contributed by atoms with E-state index in [1.165, 1.54) is 11.8 Å². The van der Waals surface area contributed by atoms with Gasteiger partial charge in [0.2, 0.25) is 5.91 Å². The van der Waals surface area contributed by atoms with Crippen LogP contribution in [0.15, 0.2) is 77.7 Å². The summed E-state index contributed by atoms with van der Waals surface area (Å²) in [6.45, 7) is 1.54. The fraction of sp³-hybridized carbons (Fsp3) is 0.160. The van der Waals surface area contributed by atoms with Crippen LogP contribution in [0, 0.1) is 6.92 Å². The van der Waals surface area contributed by atoms with Crippen LogP contribution in [0.25, 0.3) is 0 Å². The van der Waals surface area contributed by atoms with Crippen LogP contribution in [0.5, 0.6) is 5.75 Å². The van der Waals surface area contributed by atoms with Crippen LogP contribution in [0.1, 0.15) is 15.9 Å². The van der Waals surface area contributed by atoms with Gasteiger partial charge in [-0.1, -0.05) is 35.9 Å². The highest BCUT2D eigenvalue weighted by Crippen LogP contribution is 2.24. The monoisotopic (exact) mass is 464 g/mol. The maximum Gasteiger partial charge on any atom is 0.339 e. The number of amides is 2. The lowest BCUT2D eigenvalue weighted by atomic mass is 10.2. The van der Waals surface area contributed by atoms with E-state index in [-0.39, 0.29) is 11.7 Å². The standard InChI is InChI=1S/C25H24N2O5S/c1-17-10-12-18(13-11-17)26-23(28)15-32-25(30)21-8-3-4-9-22(21)33-16-24(29)27-19-6-5-7-20(14-19)31-2/h3-14H,15-16H2,1-2H3,(H,26,28)(H,27,29). The highest BCUT2D eigenvalue weighted by atomic mass is 32.2. The van der Waals surface area contributed by atoms with Gasteiger partial charge >= 0.3 is 5.97 Å². The Morgan fingerprint density at radius 2 is 1.58 bits per heavy atom. The van der Waals surface area contributed by atoms with Gasteiger partial charge in [-0.25, -0.2) is 4.79 Å². The van der Waals surface area contributed by atoms with Gasteiger partial charge in [0.25, 0.3) is 5.91 Å². The average molecular weight is 465 g/mol. The maximum atomic E-state index is 12.5. The first-order chi connectivity index (χ1) is 15.9. The Morgan fingerprint density at radius 3 is 2.33 bits per heavy atom. The molecule has 0 spiro atoms. The molecule has 3 aromatic carbocycles. The van der Waals surface area contributed by atoms with E-state index in [0.29, 0.717) is 27.6 Å². The topological polar surface area (TPSA) is 93.7 Å². The Hall–Kier alpha value is -3.78. The summed E-state index contributed by atoms with van der Waals surface area (Å²) in [7, 11) is 1.55. The lowest BCUT2D eigenvalue weighted by Gasteiger charge is -2.10. The van der Waals surface area contributed by atoms with Gasteiger partial charge < -0.3 is 20.1 Å². The molecule has 3 rings (SSSR count). The summed E-state index contributed by atoms with van der Waals surface area (Å²) < 4.78 is 10.3. The first kappa shape index (κ1) is 23.9. The van der Waals surface area contributed by atoms with Crippen molar-refractivity contribution in [3.05, 3.63) is 83.9 Å². The molecule has 0 radical (unpaired) electrons. The van der Waals surface area contributed by atoms with Gasteiger partial charge in [-0.15, -0.1) is 11.8 Å². The summed E-state index contributed by atoms with van der Waals surface area (Å²) in [5.74, 6) is -0.565. The first-order valence-corrected chi connectivity index (χ1v) is 11.1. The van der Waals surface area contributed by atoms with E-state index in [1.54, 1.807) is 67.8 Å². The quantitative estimate of drug-likeness (QED) is 0.357. The van der Waals surface area contributed by atoms with Crippen LogP contribution in [-0.2, 0) is 14.3 Å². The molecular formula is C25H24N2O5S. The van der Waals surface area contributed by atoms with Gasteiger partial charge in [-0.05, 0) is 43.3 Å². The van der Waals surface area contributed by atoms with Crippen molar-refractivity contribution in [3.63, 3.8) is 0 Å². The van der Waals surface area contributed by atoms with Crippen LogP contribution in [-0.4, -0.2) is 37.3 Å². The molecule has 0 unspecified atom stereocenters. The third-order valence-corrected chi connectivity index (χ3v) is 5.56. The summed E-state index contributed by atoms with van der Waals surface area (Å²) in [4.78, 5) is 37.6. The van der Waals surface area contributed by atoms with Crippen molar-refractivity contribution in [3.8, 4) is 5.75 Å². The molecule has 0 aliphatic rings. The molecule has 33 heavy (non-hydrogen) atoms. The van der Waals surface area contributed by atoms with Crippen LogP contribution < -0.4 is 15.4 Å². The van der Waals surface area contributed by atoms with Crippen LogP contribution in [0.3, 0.4) is 0 Å². The van der Waals surface area contributed by atoms with Crippen molar-refractivity contribution >= 4 is 40.9 Å². The molecule has 0 aliphatic heterocycles. The zero-order valence-corrected chi connectivity index (χ0v) is 19.1. The zero-order valence-electron chi connectivity index (χ0n) is 18.3. The molecule has 170 valence electrons. The van der Waals surface area contributed by atoms with Crippen LogP contribution >= 0.6 is 11.8 Å². The number of thioether (sulfide) groups is 1. The second-order valence-corrected chi connectivity index (χ2v) is 8.07. The smallest absolute Gasteiger partial charge is 0.339 e. The molecule has 0 heterocycles. The number of esters is 1. The second-order valence-electron chi connectivity index (χ2n) is 7.06. The van der Waals surface area contributed by atoms with Crippen molar-refractivity contribution in [2.75, 3.05) is 30.1 Å². The lowest BCUT2D eigenvalue weighted by Crippen LogP contribution is -2.21. The Bertz CT molecular complexity index is 1130. The van der Waals surface area contributed by atoms with E-state index in [9.17, 15) is 14.4 Å².